The molecule has 8 heteroatoms. The van der Waals surface area contributed by atoms with Crippen molar-refractivity contribution in [1.29, 1.82) is 0 Å². The monoisotopic (exact) mass is 380 g/mol. The number of hydrogen-bond donors (Lipinski definition) is 2. The number of fused-ring (bicyclic) bond motifs is 1. The highest BCUT2D eigenvalue weighted by Gasteiger charge is 2.20. The van der Waals surface area contributed by atoms with Crippen LogP contribution in [-0.4, -0.2) is 53.7 Å². The molecule has 0 radical (unpaired) electrons. The van der Waals surface area contributed by atoms with Crippen LogP contribution < -0.4 is 10.6 Å². The number of carbonyl (C=O) groups is 1. The lowest BCUT2D eigenvalue weighted by molar-refractivity contribution is 0.0957. The zero-order valence-electron chi connectivity index (χ0n) is 14.6. The average Bonchev–Trinajstić information content (AvgIpc) is 3.25. The molecule has 1 aliphatic heterocycles. The van der Waals surface area contributed by atoms with Crippen LogP contribution in [0.15, 0.2) is 6.33 Å². The van der Waals surface area contributed by atoms with Crippen molar-refractivity contribution in [3.63, 3.8) is 0 Å². The first-order valence-corrected chi connectivity index (χ1v) is 10.8. The molecule has 25 heavy (non-hydrogen) atoms. The molecule has 1 fully saturated rings. The van der Waals surface area contributed by atoms with Crippen LogP contribution in [0.1, 0.15) is 34.5 Å². The molecule has 1 saturated heterocycles. The molecule has 0 bridgehead atoms. The van der Waals surface area contributed by atoms with Gasteiger partial charge in [-0.05, 0) is 43.8 Å². The number of nitrogens with zero attached hydrogens (tertiary/aromatic N) is 2. The lowest BCUT2D eigenvalue weighted by Crippen LogP contribution is -2.24. The van der Waals surface area contributed by atoms with Gasteiger partial charge in [-0.2, -0.15) is 11.8 Å². The number of thiophene rings is 1. The Morgan fingerprint density at radius 1 is 1.48 bits per heavy atom. The van der Waals surface area contributed by atoms with E-state index in [4.69, 9.17) is 4.74 Å². The minimum absolute atomic E-state index is 0.0216. The van der Waals surface area contributed by atoms with Gasteiger partial charge < -0.3 is 15.4 Å². The van der Waals surface area contributed by atoms with Gasteiger partial charge in [-0.25, -0.2) is 9.97 Å². The molecule has 6 nitrogen and oxygen atoms in total. The molecule has 0 saturated carbocycles. The van der Waals surface area contributed by atoms with E-state index in [0.29, 0.717) is 6.54 Å². The third-order valence-electron chi connectivity index (χ3n) is 4.27. The first kappa shape index (κ1) is 18.4. The number of nitrogens with one attached hydrogen (secondary N) is 2. The molecule has 2 aromatic rings. The summed E-state index contributed by atoms with van der Waals surface area (Å²) in [5.41, 5.74) is 0.942. The molecular formula is C17H24N4O2S2. The summed E-state index contributed by atoms with van der Waals surface area (Å²) in [5, 5.41) is 7.32. The van der Waals surface area contributed by atoms with Crippen molar-refractivity contribution in [1.82, 2.24) is 15.3 Å². The van der Waals surface area contributed by atoms with Gasteiger partial charge in [-0.3, -0.25) is 4.79 Å². The summed E-state index contributed by atoms with van der Waals surface area (Å²) in [4.78, 5) is 22.8. The fourth-order valence-corrected chi connectivity index (χ4v) is 4.43. The molecule has 3 rings (SSSR count). The van der Waals surface area contributed by atoms with Gasteiger partial charge in [0.05, 0.1) is 16.4 Å². The highest BCUT2D eigenvalue weighted by molar-refractivity contribution is 7.98. The van der Waals surface area contributed by atoms with Gasteiger partial charge >= 0.3 is 0 Å². The SMILES string of the molecule is CSCCCNC(=O)c1sc2ncnc(NC[C@@H]3CCCO3)c2c1C. The van der Waals surface area contributed by atoms with Crippen LogP contribution in [0.4, 0.5) is 5.82 Å². The van der Waals surface area contributed by atoms with Crippen LogP contribution in [-0.2, 0) is 4.74 Å². The number of aryl methyl sites for hydroxylation is 1. The van der Waals surface area contributed by atoms with Crippen LogP contribution >= 0.6 is 23.1 Å². The first-order valence-electron chi connectivity index (χ1n) is 8.57. The molecule has 0 spiro atoms. The highest BCUT2D eigenvalue weighted by Crippen LogP contribution is 2.33. The van der Waals surface area contributed by atoms with Crippen LogP contribution in [0.2, 0.25) is 0 Å². The van der Waals surface area contributed by atoms with Gasteiger partial charge in [0.1, 0.15) is 17.0 Å². The largest absolute Gasteiger partial charge is 0.376 e. The molecule has 0 aromatic carbocycles. The van der Waals surface area contributed by atoms with Crippen molar-refractivity contribution in [3.8, 4) is 0 Å². The van der Waals surface area contributed by atoms with Gasteiger partial charge in [0, 0.05) is 19.7 Å². The van der Waals surface area contributed by atoms with Gasteiger partial charge in [0.25, 0.3) is 5.91 Å². The number of anilines is 1. The molecule has 2 N–H and O–H groups in total. The highest BCUT2D eigenvalue weighted by atomic mass is 32.2. The van der Waals surface area contributed by atoms with Crippen molar-refractivity contribution in [2.24, 2.45) is 0 Å². The molecular weight excluding hydrogens is 356 g/mol. The lowest BCUT2D eigenvalue weighted by atomic mass is 10.2. The molecule has 1 amide bonds. The fraction of sp³-hybridized carbons (Fsp3) is 0.588. The predicted molar refractivity (Wildman–Crippen MR) is 105 cm³/mol. The van der Waals surface area contributed by atoms with Crippen LogP contribution in [0.3, 0.4) is 0 Å². The van der Waals surface area contributed by atoms with Crippen molar-refractivity contribution >= 4 is 45.0 Å². The summed E-state index contributed by atoms with van der Waals surface area (Å²) in [6, 6.07) is 0. The second-order valence-corrected chi connectivity index (χ2v) is 8.06. The molecule has 2 aromatic heterocycles. The van der Waals surface area contributed by atoms with E-state index in [1.807, 2.05) is 6.92 Å². The van der Waals surface area contributed by atoms with Crippen molar-refractivity contribution in [2.75, 3.05) is 37.0 Å². The number of hydrogen-bond acceptors (Lipinski definition) is 7. The number of ether oxygens (including phenoxy) is 1. The van der Waals surface area contributed by atoms with Crippen molar-refractivity contribution in [3.05, 3.63) is 16.8 Å². The van der Waals surface area contributed by atoms with E-state index in [1.165, 1.54) is 11.3 Å². The Morgan fingerprint density at radius 2 is 2.36 bits per heavy atom. The minimum atomic E-state index is -0.0216. The van der Waals surface area contributed by atoms with E-state index in [0.717, 1.165) is 64.6 Å². The molecule has 3 heterocycles. The number of aromatic nitrogens is 2. The third-order valence-corrected chi connectivity index (χ3v) is 6.16. The molecule has 1 atom stereocenters. The average molecular weight is 381 g/mol. The van der Waals surface area contributed by atoms with Gasteiger partial charge in [0.2, 0.25) is 0 Å². The van der Waals surface area contributed by atoms with Gasteiger partial charge in [-0.15, -0.1) is 11.3 Å². The fourth-order valence-electron chi connectivity index (χ4n) is 2.94. The summed E-state index contributed by atoms with van der Waals surface area (Å²) in [7, 11) is 0. The Kier molecular flexibility index (Phi) is 6.50. The number of amides is 1. The maximum Gasteiger partial charge on any atom is 0.261 e. The maximum absolute atomic E-state index is 12.5. The third kappa shape index (κ3) is 4.43. The smallest absolute Gasteiger partial charge is 0.261 e. The Morgan fingerprint density at radius 3 is 3.12 bits per heavy atom. The van der Waals surface area contributed by atoms with Crippen LogP contribution in [0, 0.1) is 6.92 Å². The summed E-state index contributed by atoms with van der Waals surface area (Å²) < 4.78 is 5.66. The van der Waals surface area contributed by atoms with Gasteiger partial charge in [-0.1, -0.05) is 0 Å². The Bertz CT molecular complexity index is 729. The predicted octanol–water partition coefficient (Wildman–Crippen LogP) is 3.07. The van der Waals surface area contributed by atoms with E-state index in [9.17, 15) is 4.79 Å². The number of thioether (sulfide) groups is 1. The van der Waals surface area contributed by atoms with Crippen LogP contribution in [0.25, 0.3) is 10.2 Å². The Labute approximate surface area is 156 Å². The summed E-state index contributed by atoms with van der Waals surface area (Å²) >= 11 is 3.22. The second-order valence-electron chi connectivity index (χ2n) is 6.08. The summed E-state index contributed by atoms with van der Waals surface area (Å²) in [5.74, 6) is 1.82. The van der Waals surface area contributed by atoms with E-state index in [2.05, 4.69) is 26.9 Å². The Balaban J connectivity index is 1.74. The van der Waals surface area contributed by atoms with Gasteiger partial charge in [0.15, 0.2) is 0 Å². The summed E-state index contributed by atoms with van der Waals surface area (Å²) in [6.07, 6.45) is 7.03. The van der Waals surface area contributed by atoms with Crippen molar-refractivity contribution < 1.29 is 9.53 Å². The molecule has 0 aliphatic carbocycles. The quantitative estimate of drug-likeness (QED) is 0.686. The van der Waals surface area contributed by atoms with E-state index < -0.39 is 0 Å². The van der Waals surface area contributed by atoms with E-state index in [-0.39, 0.29) is 12.0 Å². The minimum Gasteiger partial charge on any atom is -0.376 e. The standard InChI is InChI=1S/C17H24N4O2S2/c1-11-13-15(19-9-12-5-3-7-23-12)20-10-21-17(13)25-14(11)16(22)18-6-4-8-24-2/h10,12H,3-9H2,1-2H3,(H,18,22)(H,19,20,21)/t12-/m0/s1. The molecule has 0 unspecified atom stereocenters. The zero-order valence-corrected chi connectivity index (χ0v) is 16.3. The maximum atomic E-state index is 12.5. The molecule has 1 aliphatic rings. The van der Waals surface area contributed by atoms with Crippen molar-refractivity contribution in [2.45, 2.75) is 32.3 Å². The van der Waals surface area contributed by atoms with E-state index in [1.54, 1.807) is 18.1 Å². The molecule has 136 valence electrons. The normalized spacial score (nSPS) is 17.1. The number of rotatable bonds is 8. The zero-order chi connectivity index (χ0) is 17.6. The summed E-state index contributed by atoms with van der Waals surface area (Å²) in [6.45, 7) is 4.24. The topological polar surface area (TPSA) is 76.1 Å². The first-order chi connectivity index (χ1) is 12.2. The number of carbonyl (C=O) groups excluding carboxylic acids is 1. The second kappa shape index (κ2) is 8.82. The van der Waals surface area contributed by atoms with Crippen LogP contribution in [0.5, 0.6) is 0 Å². The lowest BCUT2D eigenvalue weighted by Gasteiger charge is -2.12. The Hall–Kier alpha value is -1.38. The van der Waals surface area contributed by atoms with E-state index >= 15 is 0 Å².